The molecule has 0 spiro atoms. The Morgan fingerprint density at radius 2 is 2.19 bits per heavy atom. The van der Waals surface area contributed by atoms with Crippen LogP contribution < -0.4 is 4.90 Å². The minimum atomic E-state index is -0.606. The van der Waals surface area contributed by atoms with Crippen molar-refractivity contribution in [2.75, 3.05) is 32.1 Å². The fourth-order valence-corrected chi connectivity index (χ4v) is 3.00. The molecule has 2 unspecified atom stereocenters. The quantitative estimate of drug-likeness (QED) is 0.869. The monoisotopic (exact) mass is 289 g/mol. The summed E-state index contributed by atoms with van der Waals surface area (Å²) in [5.74, 6) is 0. The van der Waals surface area contributed by atoms with Gasteiger partial charge in [0, 0.05) is 30.4 Å². The summed E-state index contributed by atoms with van der Waals surface area (Å²) in [5, 5.41) is 29.1. The minimum absolute atomic E-state index is 0.182. The van der Waals surface area contributed by atoms with E-state index < -0.39 is 6.10 Å². The van der Waals surface area contributed by atoms with Crippen LogP contribution in [0.4, 0.5) is 5.69 Å². The zero-order valence-electron chi connectivity index (χ0n) is 12.8. The van der Waals surface area contributed by atoms with Crippen LogP contribution in [0.3, 0.4) is 0 Å². The van der Waals surface area contributed by atoms with Crippen LogP contribution in [0, 0.1) is 11.3 Å². The van der Waals surface area contributed by atoms with Gasteiger partial charge in [0.05, 0.1) is 23.8 Å². The summed E-state index contributed by atoms with van der Waals surface area (Å²) in [4.78, 5) is 4.21. The normalized spacial score (nSPS) is 23.4. The summed E-state index contributed by atoms with van der Waals surface area (Å²) in [5.41, 5.74) is 2.22. The van der Waals surface area contributed by atoms with Crippen molar-refractivity contribution in [2.45, 2.75) is 31.6 Å². The highest BCUT2D eigenvalue weighted by Gasteiger charge is 2.33. The van der Waals surface area contributed by atoms with E-state index in [1.54, 1.807) is 19.1 Å². The Bertz CT molecular complexity index is 537. The average molecular weight is 289 g/mol. The van der Waals surface area contributed by atoms with Crippen molar-refractivity contribution >= 4 is 5.69 Å². The van der Waals surface area contributed by atoms with Gasteiger partial charge in [-0.25, -0.2) is 0 Å². The van der Waals surface area contributed by atoms with Crippen LogP contribution in [0.5, 0.6) is 0 Å². The summed E-state index contributed by atoms with van der Waals surface area (Å²) in [7, 11) is 4.01. The molecular formula is C16H23N3O2. The SMILES string of the molecule is C[C@@H](O)c1ccc(C#N)cc1N1CC(O)CC1CN(C)C. The van der Waals surface area contributed by atoms with Gasteiger partial charge in [-0.2, -0.15) is 5.26 Å². The van der Waals surface area contributed by atoms with Crippen LogP contribution >= 0.6 is 0 Å². The molecule has 1 saturated heterocycles. The van der Waals surface area contributed by atoms with Crippen molar-refractivity contribution in [2.24, 2.45) is 0 Å². The van der Waals surface area contributed by atoms with E-state index in [-0.39, 0.29) is 12.1 Å². The second kappa shape index (κ2) is 6.44. The van der Waals surface area contributed by atoms with Crippen LogP contribution in [-0.2, 0) is 0 Å². The summed E-state index contributed by atoms with van der Waals surface area (Å²) in [6.07, 6.45) is -0.276. The zero-order chi connectivity index (χ0) is 15.6. The molecule has 0 radical (unpaired) electrons. The predicted molar refractivity (Wildman–Crippen MR) is 82.1 cm³/mol. The Hall–Kier alpha value is -1.61. The summed E-state index contributed by atoms with van der Waals surface area (Å²) < 4.78 is 0. The van der Waals surface area contributed by atoms with Gasteiger partial charge in [-0.1, -0.05) is 6.07 Å². The number of benzene rings is 1. The lowest BCUT2D eigenvalue weighted by Gasteiger charge is -2.31. The Morgan fingerprint density at radius 3 is 2.76 bits per heavy atom. The molecule has 1 aliphatic heterocycles. The maximum Gasteiger partial charge on any atom is 0.0992 e. The molecule has 5 heteroatoms. The Kier molecular flexibility index (Phi) is 4.84. The molecule has 3 atom stereocenters. The van der Waals surface area contributed by atoms with Crippen molar-refractivity contribution in [3.63, 3.8) is 0 Å². The second-order valence-corrected chi connectivity index (χ2v) is 6.02. The summed E-state index contributed by atoms with van der Waals surface area (Å²) in [6.45, 7) is 3.08. The van der Waals surface area contributed by atoms with Gasteiger partial charge in [0.1, 0.15) is 0 Å². The predicted octanol–water partition coefficient (Wildman–Crippen LogP) is 1.11. The van der Waals surface area contributed by atoms with E-state index in [2.05, 4.69) is 15.9 Å². The number of likely N-dealkylation sites (N-methyl/N-ethyl adjacent to an activating group) is 1. The number of nitriles is 1. The van der Waals surface area contributed by atoms with Gasteiger partial charge in [-0.05, 0) is 39.6 Å². The van der Waals surface area contributed by atoms with Gasteiger partial charge >= 0.3 is 0 Å². The molecule has 114 valence electrons. The van der Waals surface area contributed by atoms with E-state index in [1.807, 2.05) is 20.2 Å². The molecule has 1 aromatic carbocycles. The summed E-state index contributed by atoms with van der Waals surface area (Å²) >= 11 is 0. The van der Waals surface area contributed by atoms with Crippen molar-refractivity contribution in [1.29, 1.82) is 5.26 Å². The van der Waals surface area contributed by atoms with E-state index in [0.29, 0.717) is 18.5 Å². The lowest BCUT2D eigenvalue weighted by Crippen LogP contribution is -2.38. The highest BCUT2D eigenvalue weighted by molar-refractivity contribution is 5.60. The van der Waals surface area contributed by atoms with Crippen LogP contribution in [0.15, 0.2) is 18.2 Å². The third-order valence-corrected chi connectivity index (χ3v) is 3.89. The molecule has 21 heavy (non-hydrogen) atoms. The van der Waals surface area contributed by atoms with Crippen molar-refractivity contribution in [3.8, 4) is 6.07 Å². The van der Waals surface area contributed by atoms with Crippen molar-refractivity contribution in [1.82, 2.24) is 4.90 Å². The largest absolute Gasteiger partial charge is 0.391 e. The van der Waals surface area contributed by atoms with Crippen molar-refractivity contribution < 1.29 is 10.2 Å². The average Bonchev–Trinajstić information content (AvgIpc) is 2.77. The van der Waals surface area contributed by atoms with Crippen LogP contribution in [0.2, 0.25) is 0 Å². The number of aliphatic hydroxyl groups excluding tert-OH is 2. The second-order valence-electron chi connectivity index (χ2n) is 6.02. The van der Waals surface area contributed by atoms with E-state index >= 15 is 0 Å². The number of anilines is 1. The number of nitrogens with zero attached hydrogens (tertiary/aromatic N) is 3. The van der Waals surface area contributed by atoms with E-state index in [0.717, 1.165) is 17.8 Å². The number of hydrogen-bond donors (Lipinski definition) is 2. The van der Waals surface area contributed by atoms with Crippen molar-refractivity contribution in [3.05, 3.63) is 29.3 Å². The molecule has 2 rings (SSSR count). The fraction of sp³-hybridized carbons (Fsp3) is 0.562. The van der Waals surface area contributed by atoms with E-state index in [1.165, 1.54) is 0 Å². The molecule has 0 bridgehead atoms. The molecule has 1 heterocycles. The Balaban J connectivity index is 2.40. The topological polar surface area (TPSA) is 70.7 Å². The van der Waals surface area contributed by atoms with Crippen LogP contribution in [0.25, 0.3) is 0 Å². The van der Waals surface area contributed by atoms with Gasteiger partial charge < -0.3 is 20.0 Å². The molecule has 0 aliphatic carbocycles. The lowest BCUT2D eigenvalue weighted by molar-refractivity contribution is 0.191. The van der Waals surface area contributed by atoms with Gasteiger partial charge in [0.2, 0.25) is 0 Å². The highest BCUT2D eigenvalue weighted by Crippen LogP contribution is 2.33. The Morgan fingerprint density at radius 1 is 1.48 bits per heavy atom. The lowest BCUT2D eigenvalue weighted by atomic mass is 10.0. The smallest absolute Gasteiger partial charge is 0.0992 e. The standard InChI is InChI=1S/C16H23N3O2/c1-11(20)15-5-4-12(8-17)6-16(15)19-10-14(21)7-13(19)9-18(2)3/h4-6,11,13-14,20-21H,7,9-10H2,1-3H3/t11-,13?,14?/m1/s1. The first kappa shape index (κ1) is 15.8. The molecule has 0 aromatic heterocycles. The maximum absolute atomic E-state index is 10.0. The van der Waals surface area contributed by atoms with Crippen LogP contribution in [-0.4, -0.2) is 54.4 Å². The van der Waals surface area contributed by atoms with E-state index in [4.69, 9.17) is 5.26 Å². The highest BCUT2D eigenvalue weighted by atomic mass is 16.3. The zero-order valence-corrected chi connectivity index (χ0v) is 12.8. The first-order valence-electron chi connectivity index (χ1n) is 7.24. The van der Waals surface area contributed by atoms with Gasteiger partial charge in [-0.3, -0.25) is 0 Å². The van der Waals surface area contributed by atoms with Gasteiger partial charge in [-0.15, -0.1) is 0 Å². The van der Waals surface area contributed by atoms with Gasteiger partial charge in [0.25, 0.3) is 0 Å². The molecule has 0 amide bonds. The maximum atomic E-state index is 10.0. The third kappa shape index (κ3) is 3.53. The third-order valence-electron chi connectivity index (χ3n) is 3.89. The molecule has 1 aliphatic rings. The minimum Gasteiger partial charge on any atom is -0.391 e. The fourth-order valence-electron chi connectivity index (χ4n) is 3.00. The first-order chi connectivity index (χ1) is 9.92. The van der Waals surface area contributed by atoms with E-state index in [9.17, 15) is 10.2 Å². The number of rotatable bonds is 4. The molecule has 2 N–H and O–H groups in total. The molecule has 0 saturated carbocycles. The molecule has 1 aromatic rings. The molecular weight excluding hydrogens is 266 g/mol. The number of β-amino-alcohol motifs (C(OH)–C–C–N with tert-alkyl or cyclic N) is 1. The first-order valence-corrected chi connectivity index (χ1v) is 7.24. The number of hydrogen-bond acceptors (Lipinski definition) is 5. The Labute approximate surface area is 126 Å². The molecule has 1 fully saturated rings. The number of aliphatic hydroxyl groups is 2. The summed E-state index contributed by atoms with van der Waals surface area (Å²) in [6, 6.07) is 7.66. The van der Waals surface area contributed by atoms with Gasteiger partial charge in [0.15, 0.2) is 0 Å². The molecule has 5 nitrogen and oxygen atoms in total. The van der Waals surface area contributed by atoms with Crippen LogP contribution in [0.1, 0.15) is 30.6 Å².